The molecular weight excluding hydrogens is 258 g/mol. The van der Waals surface area contributed by atoms with E-state index in [0.29, 0.717) is 11.3 Å². The average Bonchev–Trinajstić information content (AvgIpc) is 2.34. The standard InChI is InChI=1S/C15H19NO4/c1-15(2,3)20-14(18)16-9-5-6-11-7-8-12(17)13(10-11)19-4/h7-8,10,17H,9H2,1-4H3,(H,16,18). The predicted octanol–water partition coefficient (Wildman–Crippen LogP) is 2.28. The van der Waals surface area contributed by atoms with Crippen LogP contribution in [0.15, 0.2) is 18.2 Å². The van der Waals surface area contributed by atoms with Crippen LogP contribution in [0.25, 0.3) is 0 Å². The third-order valence-corrected chi connectivity index (χ3v) is 2.13. The number of phenols is 1. The molecule has 1 amide bonds. The Kier molecular flexibility index (Phi) is 5.27. The summed E-state index contributed by atoms with van der Waals surface area (Å²) in [7, 11) is 1.47. The molecule has 0 saturated heterocycles. The zero-order valence-electron chi connectivity index (χ0n) is 12.1. The minimum absolute atomic E-state index is 0.0601. The Balaban J connectivity index is 2.53. The maximum absolute atomic E-state index is 11.4. The van der Waals surface area contributed by atoms with Crippen LogP contribution in [0.3, 0.4) is 0 Å². The van der Waals surface area contributed by atoms with E-state index in [1.54, 1.807) is 32.9 Å². The number of alkyl carbamates (subject to hydrolysis) is 1. The number of benzene rings is 1. The summed E-state index contributed by atoms with van der Waals surface area (Å²) in [5.74, 6) is 6.06. The van der Waals surface area contributed by atoms with Crippen LogP contribution in [0.4, 0.5) is 4.79 Å². The van der Waals surface area contributed by atoms with E-state index in [0.717, 1.165) is 0 Å². The smallest absolute Gasteiger partial charge is 0.408 e. The van der Waals surface area contributed by atoms with Crippen molar-refractivity contribution in [1.29, 1.82) is 0 Å². The molecule has 5 heteroatoms. The normalized spacial score (nSPS) is 10.2. The molecule has 0 atom stereocenters. The summed E-state index contributed by atoms with van der Waals surface area (Å²) in [5, 5.41) is 12.0. The Bertz CT molecular complexity index is 535. The molecule has 0 unspecified atom stereocenters. The van der Waals surface area contributed by atoms with E-state index in [1.807, 2.05) is 0 Å². The highest BCUT2D eigenvalue weighted by Gasteiger charge is 2.14. The summed E-state index contributed by atoms with van der Waals surface area (Å²) >= 11 is 0. The molecule has 0 aliphatic rings. The number of aromatic hydroxyl groups is 1. The number of hydrogen-bond acceptors (Lipinski definition) is 4. The Morgan fingerprint density at radius 2 is 2.10 bits per heavy atom. The van der Waals surface area contributed by atoms with Crippen LogP contribution < -0.4 is 10.1 Å². The Morgan fingerprint density at radius 3 is 2.70 bits per heavy atom. The van der Waals surface area contributed by atoms with Crippen molar-refractivity contribution in [2.75, 3.05) is 13.7 Å². The zero-order chi connectivity index (χ0) is 15.2. The molecule has 0 aliphatic carbocycles. The first-order valence-electron chi connectivity index (χ1n) is 6.14. The van der Waals surface area contributed by atoms with Crippen molar-refractivity contribution >= 4 is 6.09 Å². The van der Waals surface area contributed by atoms with E-state index in [-0.39, 0.29) is 12.3 Å². The number of hydrogen-bond donors (Lipinski definition) is 2. The molecule has 0 bridgehead atoms. The van der Waals surface area contributed by atoms with Gasteiger partial charge in [0.15, 0.2) is 11.5 Å². The maximum atomic E-state index is 11.4. The molecule has 1 aromatic carbocycles. The van der Waals surface area contributed by atoms with Crippen molar-refractivity contribution in [3.8, 4) is 23.3 Å². The average molecular weight is 277 g/mol. The SMILES string of the molecule is COc1cc(C#CCNC(=O)OC(C)(C)C)ccc1O. The Morgan fingerprint density at radius 1 is 1.40 bits per heavy atom. The summed E-state index contributed by atoms with van der Waals surface area (Å²) < 4.78 is 10.0. The van der Waals surface area contributed by atoms with Crippen molar-refractivity contribution in [1.82, 2.24) is 5.32 Å². The Hall–Kier alpha value is -2.35. The van der Waals surface area contributed by atoms with Gasteiger partial charge in [-0.1, -0.05) is 11.8 Å². The first kappa shape index (κ1) is 15.7. The Labute approximate surface area is 118 Å². The van der Waals surface area contributed by atoms with Gasteiger partial charge < -0.3 is 19.9 Å². The molecule has 0 aliphatic heterocycles. The molecule has 2 N–H and O–H groups in total. The van der Waals surface area contributed by atoms with Gasteiger partial charge in [-0.25, -0.2) is 4.79 Å². The quantitative estimate of drug-likeness (QED) is 0.814. The predicted molar refractivity (Wildman–Crippen MR) is 75.8 cm³/mol. The zero-order valence-corrected chi connectivity index (χ0v) is 12.1. The van der Waals surface area contributed by atoms with E-state index in [9.17, 15) is 9.90 Å². The highest BCUT2D eigenvalue weighted by Crippen LogP contribution is 2.25. The fourth-order valence-electron chi connectivity index (χ4n) is 1.33. The third kappa shape index (κ3) is 5.53. The minimum atomic E-state index is -0.526. The molecule has 0 heterocycles. The van der Waals surface area contributed by atoms with Crippen LogP contribution in [-0.2, 0) is 4.74 Å². The van der Waals surface area contributed by atoms with Gasteiger partial charge in [0.05, 0.1) is 13.7 Å². The number of carbonyl (C=O) groups excluding carboxylic acids is 1. The van der Waals surface area contributed by atoms with Crippen LogP contribution >= 0.6 is 0 Å². The second kappa shape index (κ2) is 6.71. The highest BCUT2D eigenvalue weighted by molar-refractivity contribution is 5.68. The second-order valence-electron chi connectivity index (χ2n) is 5.04. The molecule has 0 saturated carbocycles. The summed E-state index contributed by atoms with van der Waals surface area (Å²) in [6.45, 7) is 5.56. The summed E-state index contributed by atoms with van der Waals surface area (Å²) in [5.41, 5.74) is 0.160. The van der Waals surface area contributed by atoms with Crippen molar-refractivity contribution in [2.24, 2.45) is 0 Å². The first-order valence-corrected chi connectivity index (χ1v) is 6.14. The van der Waals surface area contributed by atoms with Crippen molar-refractivity contribution in [3.63, 3.8) is 0 Å². The number of carbonyl (C=O) groups is 1. The van der Waals surface area contributed by atoms with E-state index in [4.69, 9.17) is 9.47 Å². The maximum Gasteiger partial charge on any atom is 0.408 e. The van der Waals surface area contributed by atoms with Crippen molar-refractivity contribution in [3.05, 3.63) is 23.8 Å². The monoisotopic (exact) mass is 277 g/mol. The lowest BCUT2D eigenvalue weighted by Crippen LogP contribution is -2.32. The number of nitrogens with one attached hydrogen (secondary N) is 1. The van der Waals surface area contributed by atoms with Crippen LogP contribution in [0, 0.1) is 11.8 Å². The van der Waals surface area contributed by atoms with Crippen LogP contribution in [0.2, 0.25) is 0 Å². The van der Waals surface area contributed by atoms with Gasteiger partial charge in [-0.15, -0.1) is 0 Å². The topological polar surface area (TPSA) is 67.8 Å². The van der Waals surface area contributed by atoms with Crippen LogP contribution in [-0.4, -0.2) is 30.5 Å². The fourth-order valence-corrected chi connectivity index (χ4v) is 1.33. The molecule has 20 heavy (non-hydrogen) atoms. The molecule has 0 aromatic heterocycles. The van der Waals surface area contributed by atoms with E-state index >= 15 is 0 Å². The summed E-state index contributed by atoms with van der Waals surface area (Å²) in [6.07, 6.45) is -0.505. The van der Waals surface area contributed by atoms with E-state index in [1.165, 1.54) is 13.2 Å². The van der Waals surface area contributed by atoms with Gasteiger partial charge in [0.2, 0.25) is 0 Å². The third-order valence-electron chi connectivity index (χ3n) is 2.13. The van der Waals surface area contributed by atoms with Gasteiger partial charge in [-0.2, -0.15) is 0 Å². The van der Waals surface area contributed by atoms with E-state index in [2.05, 4.69) is 17.2 Å². The lowest BCUT2D eigenvalue weighted by atomic mass is 10.2. The fraction of sp³-hybridized carbons (Fsp3) is 0.400. The van der Waals surface area contributed by atoms with Crippen molar-refractivity contribution < 1.29 is 19.4 Å². The summed E-state index contributed by atoms with van der Waals surface area (Å²) in [4.78, 5) is 11.4. The number of rotatable bonds is 2. The van der Waals surface area contributed by atoms with Crippen LogP contribution in [0.1, 0.15) is 26.3 Å². The van der Waals surface area contributed by atoms with Gasteiger partial charge in [0, 0.05) is 5.56 Å². The highest BCUT2D eigenvalue weighted by atomic mass is 16.6. The molecule has 0 spiro atoms. The molecule has 108 valence electrons. The largest absolute Gasteiger partial charge is 0.504 e. The lowest BCUT2D eigenvalue weighted by molar-refractivity contribution is 0.0535. The number of amides is 1. The van der Waals surface area contributed by atoms with Crippen molar-refractivity contribution in [2.45, 2.75) is 26.4 Å². The van der Waals surface area contributed by atoms with Crippen LogP contribution in [0.5, 0.6) is 11.5 Å². The lowest BCUT2D eigenvalue weighted by Gasteiger charge is -2.18. The van der Waals surface area contributed by atoms with Gasteiger partial charge in [0.1, 0.15) is 5.60 Å². The molecule has 1 rings (SSSR count). The van der Waals surface area contributed by atoms with Gasteiger partial charge in [-0.05, 0) is 39.0 Å². The number of methoxy groups -OCH3 is 1. The molecule has 0 radical (unpaired) electrons. The van der Waals surface area contributed by atoms with Gasteiger partial charge in [-0.3, -0.25) is 0 Å². The van der Waals surface area contributed by atoms with E-state index < -0.39 is 11.7 Å². The number of ether oxygens (including phenoxy) is 2. The molecule has 5 nitrogen and oxygen atoms in total. The second-order valence-corrected chi connectivity index (χ2v) is 5.04. The molecular formula is C15H19NO4. The summed E-state index contributed by atoms with van der Waals surface area (Å²) in [6, 6.07) is 4.79. The van der Waals surface area contributed by atoms with Gasteiger partial charge >= 0.3 is 6.09 Å². The molecule has 0 fully saturated rings. The minimum Gasteiger partial charge on any atom is -0.504 e. The molecule has 1 aromatic rings. The first-order chi connectivity index (χ1) is 9.31. The van der Waals surface area contributed by atoms with Gasteiger partial charge in [0.25, 0.3) is 0 Å². The number of phenolic OH excluding ortho intramolecular Hbond substituents is 1.